The number of nitrogens with one attached hydrogen (secondary N) is 2. The first-order valence-electron chi connectivity index (χ1n) is 4.61. The van der Waals surface area contributed by atoms with Crippen molar-refractivity contribution in [3.05, 3.63) is 41.8 Å². The lowest BCUT2D eigenvalue weighted by Gasteiger charge is -2.09. The van der Waals surface area contributed by atoms with Crippen molar-refractivity contribution in [2.75, 3.05) is 10.7 Å². The molecule has 1 aromatic carbocycles. The number of nitrogens with zero attached hydrogens (tertiary/aromatic N) is 2. The summed E-state index contributed by atoms with van der Waals surface area (Å²) in [5.74, 6) is 5.78. The van der Waals surface area contributed by atoms with E-state index in [4.69, 9.17) is 17.4 Å². The van der Waals surface area contributed by atoms with Gasteiger partial charge < -0.3 is 10.7 Å². The molecule has 4 N–H and O–H groups in total. The van der Waals surface area contributed by atoms with Gasteiger partial charge in [-0.25, -0.2) is 10.8 Å². The molecular formula is C10H10ClN5. The van der Waals surface area contributed by atoms with Crippen molar-refractivity contribution < 1.29 is 0 Å². The van der Waals surface area contributed by atoms with Crippen molar-refractivity contribution in [1.29, 1.82) is 0 Å². The fourth-order valence-electron chi connectivity index (χ4n) is 1.24. The third-order valence-electron chi connectivity index (χ3n) is 1.95. The molecule has 6 heteroatoms. The standard InChI is InChI=1S/C10H10ClN5/c11-10-13-6-8(9(15-10)16-12)14-7-4-2-1-3-5-7/h1-6,14H,12H2,(H,13,15,16). The second-order valence-electron chi connectivity index (χ2n) is 3.04. The summed E-state index contributed by atoms with van der Waals surface area (Å²) in [6.45, 7) is 0. The minimum atomic E-state index is 0.145. The van der Waals surface area contributed by atoms with E-state index in [1.807, 2.05) is 30.3 Å². The normalized spacial score (nSPS) is 9.88. The van der Waals surface area contributed by atoms with Gasteiger partial charge in [0, 0.05) is 5.69 Å². The van der Waals surface area contributed by atoms with Crippen LogP contribution in [0.15, 0.2) is 36.5 Å². The van der Waals surface area contributed by atoms with E-state index in [1.165, 1.54) is 0 Å². The zero-order valence-corrected chi connectivity index (χ0v) is 9.07. The molecule has 2 aromatic rings. The Morgan fingerprint density at radius 3 is 2.62 bits per heavy atom. The fourth-order valence-corrected chi connectivity index (χ4v) is 1.37. The van der Waals surface area contributed by atoms with Crippen molar-refractivity contribution in [1.82, 2.24) is 9.97 Å². The van der Waals surface area contributed by atoms with E-state index in [-0.39, 0.29) is 5.28 Å². The minimum Gasteiger partial charge on any atom is -0.351 e. The molecule has 0 fully saturated rings. The Morgan fingerprint density at radius 2 is 1.94 bits per heavy atom. The average Bonchev–Trinajstić information content (AvgIpc) is 2.33. The van der Waals surface area contributed by atoms with Crippen molar-refractivity contribution >= 4 is 28.8 Å². The molecule has 5 nitrogen and oxygen atoms in total. The third-order valence-corrected chi connectivity index (χ3v) is 2.13. The van der Waals surface area contributed by atoms with Crippen LogP contribution in [-0.2, 0) is 0 Å². The predicted octanol–water partition coefficient (Wildman–Crippen LogP) is 2.16. The van der Waals surface area contributed by atoms with E-state index >= 15 is 0 Å². The lowest BCUT2D eigenvalue weighted by atomic mass is 10.3. The molecule has 1 heterocycles. The molecular weight excluding hydrogens is 226 g/mol. The number of nitrogens with two attached hydrogens (primary N) is 1. The molecule has 2 rings (SSSR count). The van der Waals surface area contributed by atoms with Gasteiger partial charge in [-0.2, -0.15) is 4.98 Å². The van der Waals surface area contributed by atoms with Crippen LogP contribution in [0.4, 0.5) is 17.2 Å². The quantitative estimate of drug-likeness (QED) is 0.432. The average molecular weight is 236 g/mol. The Balaban J connectivity index is 2.28. The smallest absolute Gasteiger partial charge is 0.224 e. The van der Waals surface area contributed by atoms with Crippen LogP contribution in [-0.4, -0.2) is 9.97 Å². The van der Waals surface area contributed by atoms with Crippen molar-refractivity contribution in [2.24, 2.45) is 5.84 Å². The predicted molar refractivity (Wildman–Crippen MR) is 64.6 cm³/mol. The van der Waals surface area contributed by atoms with Crippen molar-refractivity contribution in [2.45, 2.75) is 0 Å². The second kappa shape index (κ2) is 4.78. The Hall–Kier alpha value is -1.85. The molecule has 82 valence electrons. The van der Waals surface area contributed by atoms with Crippen LogP contribution in [0.1, 0.15) is 0 Å². The van der Waals surface area contributed by atoms with E-state index in [0.717, 1.165) is 5.69 Å². The summed E-state index contributed by atoms with van der Waals surface area (Å²) in [6.07, 6.45) is 1.57. The SMILES string of the molecule is NNc1nc(Cl)ncc1Nc1ccccc1. The van der Waals surface area contributed by atoms with E-state index in [1.54, 1.807) is 6.20 Å². The van der Waals surface area contributed by atoms with Crippen molar-refractivity contribution in [3.8, 4) is 0 Å². The van der Waals surface area contributed by atoms with Crippen LogP contribution in [0.25, 0.3) is 0 Å². The van der Waals surface area contributed by atoms with Crippen LogP contribution >= 0.6 is 11.6 Å². The molecule has 0 aliphatic rings. The number of hydrazine groups is 1. The molecule has 0 atom stereocenters. The minimum absolute atomic E-state index is 0.145. The second-order valence-corrected chi connectivity index (χ2v) is 3.37. The molecule has 0 unspecified atom stereocenters. The Morgan fingerprint density at radius 1 is 1.19 bits per heavy atom. The number of nitrogen functional groups attached to an aromatic ring is 1. The van der Waals surface area contributed by atoms with Gasteiger partial charge in [-0.15, -0.1) is 0 Å². The molecule has 0 amide bonds. The van der Waals surface area contributed by atoms with Gasteiger partial charge in [0.2, 0.25) is 5.28 Å². The number of aromatic nitrogens is 2. The molecule has 0 saturated heterocycles. The van der Waals surface area contributed by atoms with Crippen LogP contribution in [0.3, 0.4) is 0 Å². The van der Waals surface area contributed by atoms with Crippen LogP contribution in [0.2, 0.25) is 5.28 Å². The van der Waals surface area contributed by atoms with Gasteiger partial charge in [-0.1, -0.05) is 18.2 Å². The van der Waals surface area contributed by atoms with Crippen LogP contribution in [0, 0.1) is 0 Å². The number of anilines is 3. The first kappa shape index (κ1) is 10.7. The molecule has 1 aromatic heterocycles. The molecule has 16 heavy (non-hydrogen) atoms. The van der Waals surface area contributed by atoms with Gasteiger partial charge in [-0.3, -0.25) is 0 Å². The maximum atomic E-state index is 5.65. The van der Waals surface area contributed by atoms with Gasteiger partial charge in [0.05, 0.1) is 6.20 Å². The van der Waals surface area contributed by atoms with E-state index in [2.05, 4.69) is 20.7 Å². The molecule has 0 radical (unpaired) electrons. The topological polar surface area (TPSA) is 75.9 Å². The number of halogens is 1. The van der Waals surface area contributed by atoms with Crippen molar-refractivity contribution in [3.63, 3.8) is 0 Å². The summed E-state index contributed by atoms with van der Waals surface area (Å²) in [6, 6.07) is 9.64. The Labute approximate surface area is 97.6 Å². The van der Waals surface area contributed by atoms with Crippen LogP contribution < -0.4 is 16.6 Å². The highest BCUT2D eigenvalue weighted by Gasteiger charge is 2.04. The van der Waals surface area contributed by atoms with E-state index in [9.17, 15) is 0 Å². The van der Waals surface area contributed by atoms with Crippen LogP contribution in [0.5, 0.6) is 0 Å². The first-order valence-corrected chi connectivity index (χ1v) is 4.98. The Bertz CT molecular complexity index is 474. The number of benzene rings is 1. The molecule has 0 aliphatic carbocycles. The van der Waals surface area contributed by atoms with Gasteiger partial charge >= 0.3 is 0 Å². The van der Waals surface area contributed by atoms with Gasteiger partial charge in [0.15, 0.2) is 5.82 Å². The number of hydrogen-bond acceptors (Lipinski definition) is 5. The van der Waals surface area contributed by atoms with Gasteiger partial charge in [-0.05, 0) is 23.7 Å². The largest absolute Gasteiger partial charge is 0.351 e. The molecule has 0 spiro atoms. The van der Waals surface area contributed by atoms with E-state index < -0.39 is 0 Å². The zero-order valence-electron chi connectivity index (χ0n) is 8.31. The Kier molecular flexibility index (Phi) is 3.19. The third kappa shape index (κ3) is 2.39. The summed E-state index contributed by atoms with van der Waals surface area (Å²) < 4.78 is 0. The summed E-state index contributed by atoms with van der Waals surface area (Å²) in [5.41, 5.74) is 4.04. The van der Waals surface area contributed by atoms with E-state index in [0.29, 0.717) is 11.5 Å². The lowest BCUT2D eigenvalue weighted by Crippen LogP contribution is -2.11. The number of rotatable bonds is 3. The van der Waals surface area contributed by atoms with Gasteiger partial charge in [0.1, 0.15) is 5.69 Å². The number of hydrogen-bond donors (Lipinski definition) is 3. The molecule has 0 saturated carbocycles. The summed E-state index contributed by atoms with van der Waals surface area (Å²) in [4.78, 5) is 7.82. The van der Waals surface area contributed by atoms with Gasteiger partial charge in [0.25, 0.3) is 0 Å². The highest BCUT2D eigenvalue weighted by Crippen LogP contribution is 2.22. The maximum absolute atomic E-state index is 5.65. The monoisotopic (exact) mass is 235 g/mol. The first-order chi connectivity index (χ1) is 7.79. The lowest BCUT2D eigenvalue weighted by molar-refractivity contribution is 1.14. The summed E-state index contributed by atoms with van der Waals surface area (Å²) in [5, 5.41) is 3.27. The fraction of sp³-hybridized carbons (Fsp3) is 0. The molecule has 0 bridgehead atoms. The maximum Gasteiger partial charge on any atom is 0.224 e. The summed E-state index contributed by atoms with van der Waals surface area (Å²) in [7, 11) is 0. The number of para-hydroxylation sites is 1. The zero-order chi connectivity index (χ0) is 11.4. The highest BCUT2D eigenvalue weighted by atomic mass is 35.5. The molecule has 0 aliphatic heterocycles. The summed E-state index contributed by atoms with van der Waals surface area (Å²) >= 11 is 5.65. The highest BCUT2D eigenvalue weighted by molar-refractivity contribution is 6.28.